The molecular weight excluding hydrogens is 176 g/mol. The van der Waals surface area contributed by atoms with E-state index in [-0.39, 0.29) is 6.61 Å². The molecule has 1 atom stereocenters. The van der Waals surface area contributed by atoms with Gasteiger partial charge in [-0.3, -0.25) is 0 Å². The quantitative estimate of drug-likeness (QED) is 0.694. The summed E-state index contributed by atoms with van der Waals surface area (Å²) in [6.07, 6.45) is 4.29. The van der Waals surface area contributed by atoms with E-state index in [1.807, 2.05) is 30.3 Å². The van der Waals surface area contributed by atoms with Crippen molar-refractivity contribution >= 4 is 0 Å². The van der Waals surface area contributed by atoms with Crippen LogP contribution in [0.3, 0.4) is 0 Å². The molecule has 1 aromatic rings. The first kappa shape index (κ1) is 11.0. The lowest BCUT2D eigenvalue weighted by atomic mass is 10.1. The average Bonchev–Trinajstić information content (AvgIpc) is 2.25. The molecule has 14 heavy (non-hydrogen) atoms. The third kappa shape index (κ3) is 4.21. The average molecular weight is 192 g/mol. The number of rotatable bonds is 5. The molecule has 0 aliphatic rings. The van der Waals surface area contributed by atoms with Gasteiger partial charge in [0.15, 0.2) is 0 Å². The highest BCUT2D eigenvalue weighted by Gasteiger charge is 1.99. The van der Waals surface area contributed by atoms with E-state index in [9.17, 15) is 5.11 Å². The maximum atomic E-state index is 9.44. The molecule has 0 saturated heterocycles. The van der Waals surface area contributed by atoms with E-state index in [0.29, 0.717) is 6.42 Å². The lowest BCUT2D eigenvalue weighted by Gasteiger charge is -2.04. The molecule has 0 unspecified atom stereocenters. The van der Waals surface area contributed by atoms with Gasteiger partial charge in [-0.2, -0.15) is 0 Å². The van der Waals surface area contributed by atoms with E-state index in [0.717, 1.165) is 6.42 Å². The summed E-state index contributed by atoms with van der Waals surface area (Å²) in [5, 5.41) is 17.9. The third-order valence-corrected chi connectivity index (χ3v) is 2.04. The van der Waals surface area contributed by atoms with Gasteiger partial charge < -0.3 is 10.2 Å². The van der Waals surface area contributed by atoms with E-state index >= 15 is 0 Å². The summed E-state index contributed by atoms with van der Waals surface area (Å²) in [6, 6.07) is 10.0. The molecule has 0 amide bonds. The summed E-state index contributed by atoms with van der Waals surface area (Å²) in [5.41, 5.74) is 1.23. The van der Waals surface area contributed by atoms with Crippen LogP contribution in [0.2, 0.25) is 0 Å². The molecular formula is C12H16O2. The summed E-state index contributed by atoms with van der Waals surface area (Å²) >= 11 is 0. The Morgan fingerprint density at radius 3 is 2.57 bits per heavy atom. The van der Waals surface area contributed by atoms with Gasteiger partial charge in [-0.1, -0.05) is 42.5 Å². The topological polar surface area (TPSA) is 40.5 Å². The smallest absolute Gasteiger partial charge is 0.0724 e. The van der Waals surface area contributed by atoms with Crippen LogP contribution in [0.15, 0.2) is 42.5 Å². The highest BCUT2D eigenvalue weighted by molar-refractivity contribution is 5.14. The van der Waals surface area contributed by atoms with Gasteiger partial charge >= 0.3 is 0 Å². The summed E-state index contributed by atoms with van der Waals surface area (Å²) in [4.78, 5) is 0. The van der Waals surface area contributed by atoms with Gasteiger partial charge in [0.25, 0.3) is 0 Å². The molecule has 1 rings (SSSR count). The minimum atomic E-state index is -0.456. The normalized spacial score (nSPS) is 13.3. The van der Waals surface area contributed by atoms with E-state index < -0.39 is 6.10 Å². The number of hydrogen-bond donors (Lipinski definition) is 2. The number of aliphatic hydroxyl groups excluding tert-OH is 2. The first-order valence-corrected chi connectivity index (χ1v) is 4.82. The third-order valence-electron chi connectivity index (χ3n) is 2.04. The van der Waals surface area contributed by atoms with Crippen LogP contribution in [-0.4, -0.2) is 22.9 Å². The summed E-state index contributed by atoms with van der Waals surface area (Å²) in [7, 11) is 0. The SMILES string of the molecule is OC/C=C\[C@H](O)CCc1ccccc1. The number of hydrogen-bond acceptors (Lipinski definition) is 2. The molecule has 0 aromatic heterocycles. The largest absolute Gasteiger partial charge is 0.392 e. The Labute approximate surface area is 84.5 Å². The molecule has 1 aromatic carbocycles. The van der Waals surface area contributed by atoms with Crippen molar-refractivity contribution < 1.29 is 10.2 Å². The molecule has 0 saturated carbocycles. The van der Waals surface area contributed by atoms with Crippen LogP contribution < -0.4 is 0 Å². The van der Waals surface area contributed by atoms with Crippen LogP contribution in [0.1, 0.15) is 12.0 Å². The molecule has 0 bridgehead atoms. The van der Waals surface area contributed by atoms with Gasteiger partial charge in [-0.25, -0.2) is 0 Å². The molecule has 2 nitrogen and oxygen atoms in total. The van der Waals surface area contributed by atoms with Crippen LogP contribution in [-0.2, 0) is 6.42 Å². The van der Waals surface area contributed by atoms with Crippen molar-refractivity contribution in [3.8, 4) is 0 Å². The van der Waals surface area contributed by atoms with Crippen molar-refractivity contribution in [2.24, 2.45) is 0 Å². The van der Waals surface area contributed by atoms with Crippen LogP contribution >= 0.6 is 0 Å². The standard InChI is InChI=1S/C12H16O2/c13-10-4-7-12(14)9-8-11-5-2-1-3-6-11/h1-7,12-14H,8-10H2/b7-4-/t12-/m0/s1. The van der Waals surface area contributed by atoms with E-state index in [4.69, 9.17) is 5.11 Å². The second kappa shape index (κ2) is 6.35. The summed E-state index contributed by atoms with van der Waals surface area (Å²) < 4.78 is 0. The monoisotopic (exact) mass is 192 g/mol. The molecule has 0 spiro atoms. The highest BCUT2D eigenvalue weighted by atomic mass is 16.3. The number of aliphatic hydroxyl groups is 2. The van der Waals surface area contributed by atoms with Crippen LogP contribution in [0.25, 0.3) is 0 Å². The van der Waals surface area contributed by atoms with E-state index in [1.54, 1.807) is 12.2 Å². The lowest BCUT2D eigenvalue weighted by Crippen LogP contribution is -2.04. The fourth-order valence-electron chi connectivity index (χ4n) is 1.27. The van der Waals surface area contributed by atoms with Crippen molar-refractivity contribution in [1.82, 2.24) is 0 Å². The Hall–Kier alpha value is -1.12. The molecule has 0 aliphatic carbocycles. The van der Waals surface area contributed by atoms with Crippen LogP contribution in [0.4, 0.5) is 0 Å². The van der Waals surface area contributed by atoms with Gasteiger partial charge in [0.05, 0.1) is 12.7 Å². The molecule has 2 heteroatoms. The van der Waals surface area contributed by atoms with Gasteiger partial charge in [0.2, 0.25) is 0 Å². The number of aryl methyl sites for hydroxylation is 1. The minimum Gasteiger partial charge on any atom is -0.392 e. The van der Waals surface area contributed by atoms with Gasteiger partial charge in [-0.15, -0.1) is 0 Å². The molecule has 0 radical (unpaired) electrons. The van der Waals surface area contributed by atoms with Crippen LogP contribution in [0.5, 0.6) is 0 Å². The Morgan fingerprint density at radius 1 is 1.21 bits per heavy atom. The molecule has 0 aliphatic heterocycles. The Kier molecular flexibility index (Phi) is 4.97. The van der Waals surface area contributed by atoms with Gasteiger partial charge in [-0.05, 0) is 18.4 Å². The zero-order valence-corrected chi connectivity index (χ0v) is 8.13. The lowest BCUT2D eigenvalue weighted by molar-refractivity contribution is 0.211. The maximum absolute atomic E-state index is 9.44. The van der Waals surface area contributed by atoms with Crippen molar-refractivity contribution in [3.05, 3.63) is 48.0 Å². The minimum absolute atomic E-state index is 0.0115. The summed E-state index contributed by atoms with van der Waals surface area (Å²) in [5.74, 6) is 0. The van der Waals surface area contributed by atoms with E-state index in [1.165, 1.54) is 5.56 Å². The zero-order chi connectivity index (χ0) is 10.2. The van der Waals surface area contributed by atoms with Crippen molar-refractivity contribution in [1.29, 1.82) is 0 Å². The highest BCUT2D eigenvalue weighted by Crippen LogP contribution is 2.05. The van der Waals surface area contributed by atoms with Crippen molar-refractivity contribution in [2.75, 3.05) is 6.61 Å². The van der Waals surface area contributed by atoms with Gasteiger partial charge in [0, 0.05) is 0 Å². The molecule has 2 N–H and O–H groups in total. The fourth-order valence-corrected chi connectivity index (χ4v) is 1.27. The second-order valence-electron chi connectivity index (χ2n) is 3.20. The Bertz CT molecular complexity index is 267. The fraction of sp³-hybridized carbons (Fsp3) is 0.333. The Morgan fingerprint density at radius 2 is 1.93 bits per heavy atom. The second-order valence-corrected chi connectivity index (χ2v) is 3.20. The predicted octanol–water partition coefficient (Wildman–Crippen LogP) is 1.53. The molecule has 76 valence electrons. The van der Waals surface area contributed by atoms with Crippen molar-refractivity contribution in [3.63, 3.8) is 0 Å². The molecule has 0 fully saturated rings. The zero-order valence-electron chi connectivity index (χ0n) is 8.13. The van der Waals surface area contributed by atoms with E-state index in [2.05, 4.69) is 0 Å². The van der Waals surface area contributed by atoms with Crippen LogP contribution in [0, 0.1) is 0 Å². The Balaban J connectivity index is 2.30. The van der Waals surface area contributed by atoms with Crippen molar-refractivity contribution in [2.45, 2.75) is 18.9 Å². The first-order chi connectivity index (χ1) is 6.83. The number of benzene rings is 1. The maximum Gasteiger partial charge on any atom is 0.0724 e. The molecule has 0 heterocycles. The first-order valence-electron chi connectivity index (χ1n) is 4.82. The van der Waals surface area contributed by atoms with Gasteiger partial charge in [0.1, 0.15) is 0 Å². The predicted molar refractivity (Wildman–Crippen MR) is 57.0 cm³/mol. The summed E-state index contributed by atoms with van der Waals surface area (Å²) in [6.45, 7) is -0.0115.